The van der Waals surface area contributed by atoms with Crippen molar-refractivity contribution in [2.24, 2.45) is 0 Å². The van der Waals surface area contributed by atoms with E-state index in [0.29, 0.717) is 0 Å². The second-order valence-electron chi connectivity index (χ2n) is 5.67. The van der Waals surface area contributed by atoms with Gasteiger partial charge in [0.05, 0.1) is 18.0 Å². The Hall–Kier alpha value is -2.19. The lowest BCUT2D eigenvalue weighted by atomic mass is 9.74. The highest BCUT2D eigenvalue weighted by Gasteiger charge is 2.36. The molecule has 1 aliphatic heterocycles. The molecule has 0 saturated carbocycles. The average molecular weight is 281 g/mol. The van der Waals surface area contributed by atoms with Crippen molar-refractivity contribution < 1.29 is 0 Å². The van der Waals surface area contributed by atoms with E-state index in [1.165, 1.54) is 0 Å². The topological polar surface area (TPSA) is 68.6 Å². The van der Waals surface area contributed by atoms with Gasteiger partial charge in [-0.1, -0.05) is 30.3 Å². The van der Waals surface area contributed by atoms with Crippen LogP contribution in [0.3, 0.4) is 0 Å². The maximum Gasteiger partial charge on any atom is 0.164 e. The van der Waals surface area contributed by atoms with E-state index in [0.717, 1.165) is 49.7 Å². The van der Waals surface area contributed by atoms with Crippen molar-refractivity contribution in [3.63, 3.8) is 0 Å². The van der Waals surface area contributed by atoms with E-state index in [9.17, 15) is 5.26 Å². The Balaban J connectivity index is 1.68. The van der Waals surface area contributed by atoms with Gasteiger partial charge in [-0.3, -0.25) is 10.00 Å². The predicted molar refractivity (Wildman–Crippen MR) is 79.4 cm³/mol. The maximum atomic E-state index is 9.68. The van der Waals surface area contributed by atoms with Gasteiger partial charge in [-0.05, 0) is 25.3 Å². The molecule has 5 nitrogen and oxygen atoms in total. The van der Waals surface area contributed by atoms with Crippen LogP contribution in [-0.2, 0) is 12.0 Å². The zero-order chi connectivity index (χ0) is 14.7. The third-order valence-corrected chi connectivity index (χ3v) is 4.26. The molecule has 0 atom stereocenters. The number of nitriles is 1. The minimum Gasteiger partial charge on any atom is -0.296 e. The number of aromatic nitrogens is 3. The van der Waals surface area contributed by atoms with Crippen molar-refractivity contribution in [1.82, 2.24) is 20.1 Å². The van der Waals surface area contributed by atoms with Crippen molar-refractivity contribution >= 4 is 0 Å². The van der Waals surface area contributed by atoms with Gasteiger partial charge in [0, 0.05) is 13.1 Å². The molecular weight excluding hydrogens is 262 g/mol. The van der Waals surface area contributed by atoms with Gasteiger partial charge < -0.3 is 0 Å². The molecule has 1 fully saturated rings. The highest BCUT2D eigenvalue weighted by Crippen LogP contribution is 2.35. The fourth-order valence-electron chi connectivity index (χ4n) is 2.97. The summed E-state index contributed by atoms with van der Waals surface area (Å²) < 4.78 is 0. The number of likely N-dealkylation sites (tertiary alicyclic amines) is 1. The van der Waals surface area contributed by atoms with Crippen LogP contribution in [0.5, 0.6) is 0 Å². The van der Waals surface area contributed by atoms with Crippen molar-refractivity contribution in [2.45, 2.75) is 31.7 Å². The first-order valence-electron chi connectivity index (χ1n) is 7.29. The summed E-state index contributed by atoms with van der Waals surface area (Å²) in [5.41, 5.74) is 0.799. The van der Waals surface area contributed by atoms with Gasteiger partial charge in [-0.25, -0.2) is 4.98 Å². The Bertz CT molecular complexity index is 632. The second-order valence-corrected chi connectivity index (χ2v) is 5.67. The molecular formula is C16H19N5. The normalized spacial score (nSPS) is 18.3. The third-order valence-electron chi connectivity index (χ3n) is 4.26. The number of H-pyrrole nitrogens is 1. The quantitative estimate of drug-likeness (QED) is 0.936. The highest BCUT2D eigenvalue weighted by molar-refractivity contribution is 5.33. The number of hydrogen-bond acceptors (Lipinski definition) is 4. The number of aryl methyl sites for hydroxylation is 1. The molecule has 5 heteroatoms. The van der Waals surface area contributed by atoms with E-state index in [1.54, 1.807) is 0 Å². The lowest BCUT2D eigenvalue weighted by Crippen LogP contribution is -2.41. The fraction of sp³-hybridized carbons (Fsp3) is 0.438. The molecule has 1 aliphatic rings. The van der Waals surface area contributed by atoms with E-state index < -0.39 is 0 Å². The summed E-state index contributed by atoms with van der Waals surface area (Å²) in [6.07, 6.45) is 1.72. The lowest BCUT2D eigenvalue weighted by molar-refractivity contribution is 0.175. The first kappa shape index (κ1) is 13.8. The Kier molecular flexibility index (Phi) is 3.72. The van der Waals surface area contributed by atoms with Gasteiger partial charge >= 0.3 is 0 Å². The molecule has 3 rings (SSSR count). The van der Waals surface area contributed by atoms with Crippen LogP contribution < -0.4 is 0 Å². The van der Waals surface area contributed by atoms with Crippen LogP contribution in [0.15, 0.2) is 30.3 Å². The van der Waals surface area contributed by atoms with Crippen molar-refractivity contribution in [1.29, 1.82) is 5.26 Å². The van der Waals surface area contributed by atoms with Crippen LogP contribution in [-0.4, -0.2) is 33.2 Å². The van der Waals surface area contributed by atoms with E-state index in [1.807, 2.05) is 25.1 Å². The molecule has 1 aromatic carbocycles. The Morgan fingerprint density at radius 1 is 1.29 bits per heavy atom. The average Bonchev–Trinajstić information content (AvgIpc) is 2.94. The number of aromatic amines is 1. The maximum absolute atomic E-state index is 9.68. The number of rotatable bonds is 3. The van der Waals surface area contributed by atoms with Crippen LogP contribution >= 0.6 is 0 Å². The lowest BCUT2D eigenvalue weighted by Gasteiger charge is -2.37. The fourth-order valence-corrected chi connectivity index (χ4v) is 2.97. The zero-order valence-electron chi connectivity index (χ0n) is 12.2. The summed E-state index contributed by atoms with van der Waals surface area (Å²) in [6, 6.07) is 12.7. The molecule has 0 unspecified atom stereocenters. The van der Waals surface area contributed by atoms with Gasteiger partial charge in [0.15, 0.2) is 5.82 Å². The predicted octanol–water partition coefficient (Wildman–Crippen LogP) is 2.17. The van der Waals surface area contributed by atoms with Crippen LogP contribution in [0.1, 0.15) is 30.1 Å². The van der Waals surface area contributed by atoms with E-state index in [4.69, 9.17) is 0 Å². The number of nitrogens with one attached hydrogen (secondary N) is 1. The molecule has 108 valence electrons. The van der Waals surface area contributed by atoms with Crippen molar-refractivity contribution in [2.75, 3.05) is 13.1 Å². The van der Waals surface area contributed by atoms with Gasteiger partial charge in [-0.15, -0.1) is 0 Å². The summed E-state index contributed by atoms with van der Waals surface area (Å²) in [5.74, 6) is 1.68. The van der Waals surface area contributed by atoms with Crippen LogP contribution in [0.25, 0.3) is 0 Å². The van der Waals surface area contributed by atoms with E-state index in [-0.39, 0.29) is 5.41 Å². The number of hydrogen-bond donors (Lipinski definition) is 1. The van der Waals surface area contributed by atoms with E-state index in [2.05, 4.69) is 38.3 Å². The van der Waals surface area contributed by atoms with Gasteiger partial charge in [0.1, 0.15) is 5.82 Å². The van der Waals surface area contributed by atoms with Gasteiger partial charge in [0.25, 0.3) is 0 Å². The van der Waals surface area contributed by atoms with Crippen molar-refractivity contribution in [3.05, 3.63) is 47.5 Å². The standard InChI is InChI=1S/C16H19N5/c1-13-18-15(20-19-13)11-21-9-7-16(12-17,8-10-21)14-5-3-2-4-6-14/h2-6H,7-11H2,1H3,(H,18,19,20). The third kappa shape index (κ3) is 2.81. The first-order chi connectivity index (χ1) is 10.2. The first-order valence-corrected chi connectivity index (χ1v) is 7.29. The van der Waals surface area contributed by atoms with Gasteiger partial charge in [-0.2, -0.15) is 10.4 Å². The molecule has 1 aromatic heterocycles. The Morgan fingerprint density at radius 3 is 2.57 bits per heavy atom. The molecule has 1 saturated heterocycles. The summed E-state index contributed by atoms with van der Waals surface area (Å²) in [5, 5.41) is 16.7. The van der Waals surface area contributed by atoms with Gasteiger partial charge in [0.2, 0.25) is 0 Å². The monoisotopic (exact) mass is 281 g/mol. The SMILES string of the molecule is Cc1nc(CN2CCC(C#N)(c3ccccc3)CC2)n[nH]1. The van der Waals surface area contributed by atoms with Crippen LogP contribution in [0.4, 0.5) is 0 Å². The minimum absolute atomic E-state index is 0.341. The minimum atomic E-state index is -0.341. The molecule has 2 aromatic rings. The molecule has 0 aliphatic carbocycles. The molecule has 0 bridgehead atoms. The number of piperidine rings is 1. The Labute approximate surface area is 124 Å². The summed E-state index contributed by atoms with van der Waals surface area (Å²) in [7, 11) is 0. The Morgan fingerprint density at radius 2 is 2.00 bits per heavy atom. The summed E-state index contributed by atoms with van der Waals surface area (Å²) in [6.45, 7) is 4.45. The molecule has 0 amide bonds. The molecule has 2 heterocycles. The molecule has 0 spiro atoms. The number of nitrogens with zero attached hydrogens (tertiary/aromatic N) is 4. The zero-order valence-corrected chi connectivity index (χ0v) is 12.2. The summed E-state index contributed by atoms with van der Waals surface area (Å²) >= 11 is 0. The molecule has 0 radical (unpaired) electrons. The molecule has 21 heavy (non-hydrogen) atoms. The second kappa shape index (κ2) is 5.66. The number of benzene rings is 1. The van der Waals surface area contributed by atoms with Crippen LogP contribution in [0, 0.1) is 18.3 Å². The van der Waals surface area contributed by atoms with E-state index >= 15 is 0 Å². The summed E-state index contributed by atoms with van der Waals surface area (Å²) in [4.78, 5) is 6.67. The molecule has 1 N–H and O–H groups in total. The van der Waals surface area contributed by atoms with Crippen LogP contribution in [0.2, 0.25) is 0 Å². The van der Waals surface area contributed by atoms with Crippen molar-refractivity contribution in [3.8, 4) is 6.07 Å². The smallest absolute Gasteiger partial charge is 0.164 e. The largest absolute Gasteiger partial charge is 0.296 e. The highest BCUT2D eigenvalue weighted by atomic mass is 15.2.